The third kappa shape index (κ3) is 2.65. The van der Waals surface area contributed by atoms with E-state index in [1.807, 2.05) is 18.2 Å². The van der Waals surface area contributed by atoms with Crippen LogP contribution in [0.2, 0.25) is 0 Å². The Balaban J connectivity index is 3.09. The van der Waals surface area contributed by atoms with Crippen LogP contribution in [0.4, 0.5) is 0 Å². The Morgan fingerprint density at radius 2 is 2.06 bits per heavy atom. The lowest BCUT2D eigenvalue weighted by Gasteiger charge is -2.20. The van der Waals surface area contributed by atoms with Gasteiger partial charge in [0, 0.05) is 18.2 Å². The molecule has 0 aliphatic rings. The van der Waals surface area contributed by atoms with E-state index in [-0.39, 0.29) is 6.04 Å². The number of rotatable bonds is 6. The van der Waals surface area contributed by atoms with Crippen LogP contribution in [0.15, 0.2) is 18.2 Å². The van der Waals surface area contributed by atoms with E-state index in [4.69, 9.17) is 15.2 Å². The van der Waals surface area contributed by atoms with Crippen molar-refractivity contribution >= 4 is 0 Å². The Bertz CT molecular complexity index is 329. The molecule has 0 bridgehead atoms. The highest BCUT2D eigenvalue weighted by Gasteiger charge is 2.16. The van der Waals surface area contributed by atoms with Crippen molar-refractivity contribution in [1.29, 1.82) is 0 Å². The number of para-hydroxylation sites is 1. The summed E-state index contributed by atoms with van der Waals surface area (Å²) >= 11 is 0. The molecule has 90 valence electrons. The quantitative estimate of drug-likeness (QED) is 0.765. The molecule has 1 atom stereocenters. The highest BCUT2D eigenvalue weighted by Crippen LogP contribution is 2.34. The van der Waals surface area contributed by atoms with E-state index in [0.717, 1.165) is 23.6 Å². The number of benzene rings is 1. The van der Waals surface area contributed by atoms with Gasteiger partial charge in [-0.25, -0.2) is 0 Å². The minimum atomic E-state index is 0.0926. The predicted octanol–water partition coefficient (Wildman–Crippen LogP) is 1.31. The molecule has 1 aromatic rings. The maximum atomic E-state index is 5.75. The molecule has 1 rings (SSSR count). The second-order valence-corrected chi connectivity index (χ2v) is 3.43. The topological polar surface area (TPSA) is 56.5 Å². The average Bonchev–Trinajstić information content (AvgIpc) is 2.34. The second kappa shape index (κ2) is 6.35. The minimum Gasteiger partial charge on any atom is -0.493 e. The monoisotopic (exact) mass is 224 g/mol. The first-order valence-corrected chi connectivity index (χ1v) is 5.42. The van der Waals surface area contributed by atoms with Gasteiger partial charge in [-0.15, -0.1) is 0 Å². The predicted molar refractivity (Wildman–Crippen MR) is 65.0 cm³/mol. The Labute approximate surface area is 96.7 Å². The molecule has 4 heteroatoms. The van der Waals surface area contributed by atoms with Gasteiger partial charge in [0.1, 0.15) is 0 Å². The first-order valence-electron chi connectivity index (χ1n) is 5.42. The zero-order chi connectivity index (χ0) is 12.0. The van der Waals surface area contributed by atoms with Crippen LogP contribution in [0.1, 0.15) is 18.5 Å². The van der Waals surface area contributed by atoms with Gasteiger partial charge >= 0.3 is 0 Å². The summed E-state index contributed by atoms with van der Waals surface area (Å²) in [5, 5.41) is 3.31. The van der Waals surface area contributed by atoms with Crippen molar-refractivity contribution in [2.75, 3.05) is 27.3 Å². The lowest BCUT2D eigenvalue weighted by molar-refractivity contribution is 0.347. The zero-order valence-corrected chi connectivity index (χ0v) is 10.1. The molecule has 0 aliphatic carbocycles. The third-order valence-electron chi connectivity index (χ3n) is 2.50. The fraction of sp³-hybridized carbons (Fsp3) is 0.500. The van der Waals surface area contributed by atoms with E-state index in [1.165, 1.54) is 0 Å². The highest BCUT2D eigenvalue weighted by atomic mass is 16.5. The van der Waals surface area contributed by atoms with E-state index in [1.54, 1.807) is 14.2 Å². The fourth-order valence-electron chi connectivity index (χ4n) is 1.75. The summed E-state index contributed by atoms with van der Waals surface area (Å²) in [6, 6.07) is 5.91. The molecular formula is C12H20N2O2. The van der Waals surface area contributed by atoms with Gasteiger partial charge < -0.3 is 20.5 Å². The van der Waals surface area contributed by atoms with Gasteiger partial charge in [-0.1, -0.05) is 19.1 Å². The van der Waals surface area contributed by atoms with Crippen molar-refractivity contribution < 1.29 is 9.47 Å². The van der Waals surface area contributed by atoms with E-state index in [2.05, 4.69) is 12.2 Å². The molecule has 3 N–H and O–H groups in total. The van der Waals surface area contributed by atoms with Gasteiger partial charge in [-0.05, 0) is 12.6 Å². The van der Waals surface area contributed by atoms with E-state index < -0.39 is 0 Å². The smallest absolute Gasteiger partial charge is 0.165 e. The molecule has 0 aromatic heterocycles. The van der Waals surface area contributed by atoms with Crippen LogP contribution >= 0.6 is 0 Å². The van der Waals surface area contributed by atoms with Crippen LogP contribution in [0, 0.1) is 0 Å². The van der Waals surface area contributed by atoms with Crippen molar-refractivity contribution in [2.24, 2.45) is 5.73 Å². The van der Waals surface area contributed by atoms with Crippen LogP contribution in [-0.2, 0) is 0 Å². The van der Waals surface area contributed by atoms with Crippen molar-refractivity contribution in [3.8, 4) is 11.5 Å². The molecule has 16 heavy (non-hydrogen) atoms. The molecule has 0 spiro atoms. The first kappa shape index (κ1) is 12.8. The summed E-state index contributed by atoms with van der Waals surface area (Å²) < 4.78 is 10.6. The van der Waals surface area contributed by atoms with Gasteiger partial charge in [-0.3, -0.25) is 0 Å². The summed E-state index contributed by atoms with van der Waals surface area (Å²) in [5.41, 5.74) is 6.78. The fourth-order valence-corrected chi connectivity index (χ4v) is 1.75. The van der Waals surface area contributed by atoms with Crippen LogP contribution in [-0.4, -0.2) is 27.3 Å². The molecule has 4 nitrogen and oxygen atoms in total. The SMILES string of the molecule is CCNC(CN)c1cccc(OC)c1OC. The van der Waals surface area contributed by atoms with Crippen molar-refractivity contribution in [3.05, 3.63) is 23.8 Å². The molecule has 0 saturated carbocycles. The summed E-state index contributed by atoms with van der Waals surface area (Å²) in [6.07, 6.45) is 0. The van der Waals surface area contributed by atoms with Crippen molar-refractivity contribution in [1.82, 2.24) is 5.32 Å². The summed E-state index contributed by atoms with van der Waals surface area (Å²) in [7, 11) is 3.27. The Morgan fingerprint density at radius 3 is 2.56 bits per heavy atom. The van der Waals surface area contributed by atoms with Gasteiger partial charge in [0.25, 0.3) is 0 Å². The molecule has 0 radical (unpaired) electrons. The van der Waals surface area contributed by atoms with Gasteiger partial charge in [0.2, 0.25) is 0 Å². The molecule has 1 aromatic carbocycles. The van der Waals surface area contributed by atoms with Gasteiger partial charge in [-0.2, -0.15) is 0 Å². The molecule has 0 fully saturated rings. The van der Waals surface area contributed by atoms with Crippen molar-refractivity contribution in [3.63, 3.8) is 0 Å². The van der Waals surface area contributed by atoms with Gasteiger partial charge in [0.05, 0.1) is 14.2 Å². The Kier molecular flexibility index (Phi) is 5.08. The molecule has 0 amide bonds. The normalized spacial score (nSPS) is 12.2. The maximum absolute atomic E-state index is 5.75. The lowest BCUT2D eigenvalue weighted by Crippen LogP contribution is -2.28. The Morgan fingerprint density at radius 1 is 1.31 bits per heavy atom. The molecule has 0 heterocycles. The molecule has 1 unspecified atom stereocenters. The third-order valence-corrected chi connectivity index (χ3v) is 2.50. The number of hydrogen-bond acceptors (Lipinski definition) is 4. The number of hydrogen-bond donors (Lipinski definition) is 2. The number of nitrogens with one attached hydrogen (secondary N) is 1. The summed E-state index contributed by atoms with van der Waals surface area (Å²) in [6.45, 7) is 3.44. The number of ether oxygens (including phenoxy) is 2. The lowest BCUT2D eigenvalue weighted by atomic mass is 10.1. The summed E-state index contributed by atoms with van der Waals surface area (Å²) in [4.78, 5) is 0. The number of likely N-dealkylation sites (N-methyl/N-ethyl adjacent to an activating group) is 1. The Hall–Kier alpha value is -1.26. The van der Waals surface area contributed by atoms with Crippen LogP contribution in [0.25, 0.3) is 0 Å². The van der Waals surface area contributed by atoms with Gasteiger partial charge in [0.15, 0.2) is 11.5 Å². The largest absolute Gasteiger partial charge is 0.493 e. The van der Waals surface area contributed by atoms with E-state index in [9.17, 15) is 0 Å². The number of nitrogens with two attached hydrogens (primary N) is 1. The average molecular weight is 224 g/mol. The van der Waals surface area contributed by atoms with Crippen molar-refractivity contribution in [2.45, 2.75) is 13.0 Å². The van der Waals surface area contributed by atoms with E-state index in [0.29, 0.717) is 6.54 Å². The minimum absolute atomic E-state index is 0.0926. The standard InChI is InChI=1S/C12H20N2O2/c1-4-14-10(8-13)9-6-5-7-11(15-2)12(9)16-3/h5-7,10,14H,4,8,13H2,1-3H3. The number of methoxy groups -OCH3 is 2. The van der Waals surface area contributed by atoms with Crippen LogP contribution in [0.3, 0.4) is 0 Å². The summed E-state index contributed by atoms with van der Waals surface area (Å²) in [5.74, 6) is 1.48. The first-order chi connectivity index (χ1) is 7.78. The second-order valence-electron chi connectivity index (χ2n) is 3.43. The van der Waals surface area contributed by atoms with E-state index >= 15 is 0 Å². The molecular weight excluding hydrogens is 204 g/mol. The van der Waals surface area contributed by atoms with Crippen LogP contribution < -0.4 is 20.5 Å². The highest BCUT2D eigenvalue weighted by molar-refractivity contribution is 5.48. The molecule has 0 saturated heterocycles. The maximum Gasteiger partial charge on any atom is 0.165 e. The zero-order valence-electron chi connectivity index (χ0n) is 10.1. The molecule has 0 aliphatic heterocycles. The van der Waals surface area contributed by atoms with Crippen LogP contribution in [0.5, 0.6) is 11.5 Å².